The molecule has 3 atom stereocenters. The van der Waals surface area contributed by atoms with E-state index in [-0.39, 0.29) is 18.5 Å². The first-order valence-electron chi connectivity index (χ1n) is 5.83. The van der Waals surface area contributed by atoms with Gasteiger partial charge < -0.3 is 23.8 Å². The number of ether oxygens (including phenoxy) is 3. The molecule has 16 heavy (non-hydrogen) atoms. The molecule has 0 amide bonds. The molecule has 2 fully saturated rings. The molecule has 94 valence electrons. The summed E-state index contributed by atoms with van der Waals surface area (Å²) in [5.74, 6) is 0. The number of rotatable bonds is 3. The minimum atomic E-state index is -0.473. The first kappa shape index (κ1) is 12.3. The van der Waals surface area contributed by atoms with E-state index in [1.54, 1.807) is 0 Å². The summed E-state index contributed by atoms with van der Waals surface area (Å²) >= 11 is 0. The molecule has 0 bridgehead atoms. The standard InChI is InChI=1S/C11H22NO4/c1-12(2,3)7-8-6-9(13)10(16-8)11-14-4-5-15-11/h8-11,13H,4-7H2,1-3H3/q+1/t8-,9+,10+/m0/s1. The summed E-state index contributed by atoms with van der Waals surface area (Å²) in [5, 5.41) is 9.92. The minimum Gasteiger partial charge on any atom is -0.390 e. The zero-order valence-electron chi connectivity index (χ0n) is 10.3. The quantitative estimate of drug-likeness (QED) is 0.672. The number of aliphatic hydroxyl groups is 1. The van der Waals surface area contributed by atoms with Gasteiger partial charge in [0.25, 0.3) is 0 Å². The zero-order chi connectivity index (χ0) is 11.8. The summed E-state index contributed by atoms with van der Waals surface area (Å²) in [4.78, 5) is 0. The highest BCUT2D eigenvalue weighted by molar-refractivity contribution is 4.85. The lowest BCUT2D eigenvalue weighted by Crippen LogP contribution is -2.42. The molecule has 0 aromatic carbocycles. The Balaban J connectivity index is 1.88. The molecule has 0 saturated carbocycles. The van der Waals surface area contributed by atoms with Crippen LogP contribution in [-0.2, 0) is 14.2 Å². The fourth-order valence-electron chi connectivity index (χ4n) is 2.31. The van der Waals surface area contributed by atoms with Crippen molar-refractivity contribution in [2.24, 2.45) is 0 Å². The second kappa shape index (κ2) is 4.58. The number of nitrogens with zero attached hydrogens (tertiary/aromatic N) is 1. The van der Waals surface area contributed by atoms with Crippen molar-refractivity contribution in [1.29, 1.82) is 0 Å². The van der Waals surface area contributed by atoms with E-state index >= 15 is 0 Å². The third-order valence-corrected chi connectivity index (χ3v) is 2.90. The third-order valence-electron chi connectivity index (χ3n) is 2.90. The Morgan fingerprint density at radius 2 is 1.81 bits per heavy atom. The molecule has 0 spiro atoms. The zero-order valence-corrected chi connectivity index (χ0v) is 10.3. The summed E-state index contributed by atoms with van der Waals surface area (Å²) in [6, 6.07) is 0. The molecule has 0 unspecified atom stereocenters. The topological polar surface area (TPSA) is 47.9 Å². The van der Waals surface area contributed by atoms with Gasteiger partial charge in [0.05, 0.1) is 40.5 Å². The second-order valence-electron chi connectivity index (χ2n) is 5.61. The van der Waals surface area contributed by atoms with Gasteiger partial charge in [0.1, 0.15) is 18.8 Å². The predicted octanol–water partition coefficient (Wildman–Crippen LogP) is -0.416. The van der Waals surface area contributed by atoms with Crippen LogP contribution in [0.5, 0.6) is 0 Å². The van der Waals surface area contributed by atoms with Gasteiger partial charge in [0.2, 0.25) is 0 Å². The lowest BCUT2D eigenvalue weighted by molar-refractivity contribution is -0.873. The fourth-order valence-corrected chi connectivity index (χ4v) is 2.31. The molecule has 2 aliphatic rings. The van der Waals surface area contributed by atoms with Crippen LogP contribution in [0.1, 0.15) is 6.42 Å². The Bertz CT molecular complexity index is 235. The number of hydrogen-bond acceptors (Lipinski definition) is 4. The van der Waals surface area contributed by atoms with E-state index in [0.717, 1.165) is 11.0 Å². The first-order valence-corrected chi connectivity index (χ1v) is 5.83. The Labute approximate surface area is 96.5 Å². The van der Waals surface area contributed by atoms with Gasteiger partial charge in [0.15, 0.2) is 6.29 Å². The molecule has 5 heteroatoms. The van der Waals surface area contributed by atoms with E-state index < -0.39 is 6.10 Å². The molecule has 0 aromatic heterocycles. The average Bonchev–Trinajstić information content (AvgIpc) is 2.71. The maximum atomic E-state index is 9.92. The molecule has 0 aromatic rings. The summed E-state index contributed by atoms with van der Waals surface area (Å²) in [6.45, 7) is 2.08. The predicted molar refractivity (Wildman–Crippen MR) is 57.9 cm³/mol. The van der Waals surface area contributed by atoms with Crippen LogP contribution < -0.4 is 0 Å². The van der Waals surface area contributed by atoms with Crippen LogP contribution in [0.3, 0.4) is 0 Å². The Kier molecular flexibility index (Phi) is 3.51. The van der Waals surface area contributed by atoms with Crippen LogP contribution in [0, 0.1) is 0 Å². The number of quaternary nitrogens is 1. The Hall–Kier alpha value is -0.200. The van der Waals surface area contributed by atoms with Crippen molar-refractivity contribution in [1.82, 2.24) is 0 Å². The van der Waals surface area contributed by atoms with Gasteiger partial charge in [-0.3, -0.25) is 0 Å². The van der Waals surface area contributed by atoms with Crippen molar-refractivity contribution in [3.05, 3.63) is 0 Å². The summed E-state index contributed by atoms with van der Waals surface area (Å²) in [5.41, 5.74) is 0. The number of hydrogen-bond donors (Lipinski definition) is 1. The Morgan fingerprint density at radius 1 is 1.19 bits per heavy atom. The van der Waals surface area contributed by atoms with Gasteiger partial charge in [-0.1, -0.05) is 0 Å². The van der Waals surface area contributed by atoms with Gasteiger partial charge >= 0.3 is 0 Å². The third kappa shape index (κ3) is 2.93. The molecular weight excluding hydrogens is 210 g/mol. The van der Waals surface area contributed by atoms with Crippen molar-refractivity contribution in [2.45, 2.75) is 31.0 Å². The largest absolute Gasteiger partial charge is 0.390 e. The maximum Gasteiger partial charge on any atom is 0.186 e. The van der Waals surface area contributed by atoms with E-state index in [1.807, 2.05) is 0 Å². The van der Waals surface area contributed by atoms with Crippen molar-refractivity contribution in [3.63, 3.8) is 0 Å². The van der Waals surface area contributed by atoms with E-state index in [4.69, 9.17) is 14.2 Å². The van der Waals surface area contributed by atoms with E-state index in [1.165, 1.54) is 0 Å². The summed E-state index contributed by atoms with van der Waals surface area (Å²) in [7, 11) is 6.35. The summed E-state index contributed by atoms with van der Waals surface area (Å²) in [6.07, 6.45) is -0.414. The van der Waals surface area contributed by atoms with Crippen LogP contribution in [0.25, 0.3) is 0 Å². The van der Waals surface area contributed by atoms with Gasteiger partial charge in [-0.2, -0.15) is 0 Å². The molecule has 2 aliphatic heterocycles. The lowest BCUT2D eigenvalue weighted by Gasteiger charge is -2.27. The van der Waals surface area contributed by atoms with Crippen LogP contribution in [0.2, 0.25) is 0 Å². The molecule has 0 aliphatic carbocycles. The SMILES string of the molecule is C[N+](C)(C)C[C@@H]1C[C@@H](O)[C@H](C2OCCO2)O1. The van der Waals surface area contributed by atoms with Crippen molar-refractivity contribution in [3.8, 4) is 0 Å². The van der Waals surface area contributed by atoms with Gasteiger partial charge in [0, 0.05) is 6.42 Å². The fraction of sp³-hybridized carbons (Fsp3) is 1.00. The minimum absolute atomic E-state index is 0.0906. The highest BCUT2D eigenvalue weighted by atomic mass is 16.7. The van der Waals surface area contributed by atoms with E-state index in [0.29, 0.717) is 19.6 Å². The van der Waals surface area contributed by atoms with Crippen LogP contribution in [0.4, 0.5) is 0 Å². The van der Waals surface area contributed by atoms with Gasteiger partial charge in [-0.05, 0) is 0 Å². The van der Waals surface area contributed by atoms with Crippen LogP contribution in [0.15, 0.2) is 0 Å². The summed E-state index contributed by atoms with van der Waals surface area (Å²) < 4.78 is 17.4. The lowest BCUT2D eigenvalue weighted by atomic mass is 10.1. The average molecular weight is 232 g/mol. The van der Waals surface area contributed by atoms with Crippen molar-refractivity contribution >= 4 is 0 Å². The van der Waals surface area contributed by atoms with Gasteiger partial charge in [-0.15, -0.1) is 0 Å². The molecule has 1 N–H and O–H groups in total. The monoisotopic (exact) mass is 232 g/mol. The molecule has 2 rings (SSSR count). The highest BCUT2D eigenvalue weighted by Gasteiger charge is 2.43. The number of aliphatic hydroxyl groups excluding tert-OH is 1. The normalized spacial score (nSPS) is 37.1. The molecule has 2 heterocycles. The van der Waals surface area contributed by atoms with Gasteiger partial charge in [-0.25, -0.2) is 0 Å². The number of likely N-dealkylation sites (N-methyl/N-ethyl adjacent to an activating group) is 1. The Morgan fingerprint density at radius 3 is 2.38 bits per heavy atom. The second-order valence-corrected chi connectivity index (χ2v) is 5.61. The van der Waals surface area contributed by atoms with E-state index in [9.17, 15) is 5.11 Å². The van der Waals surface area contributed by atoms with Crippen molar-refractivity contribution < 1.29 is 23.8 Å². The van der Waals surface area contributed by atoms with Crippen LogP contribution >= 0.6 is 0 Å². The smallest absolute Gasteiger partial charge is 0.186 e. The van der Waals surface area contributed by atoms with Crippen LogP contribution in [-0.4, -0.2) is 75.1 Å². The first-order chi connectivity index (χ1) is 7.46. The molecular formula is C11H22NO4+. The molecule has 0 radical (unpaired) electrons. The maximum absolute atomic E-state index is 9.92. The van der Waals surface area contributed by atoms with E-state index in [2.05, 4.69) is 21.1 Å². The van der Waals surface area contributed by atoms with Crippen molar-refractivity contribution in [2.75, 3.05) is 40.9 Å². The molecule has 5 nitrogen and oxygen atoms in total. The molecule has 2 saturated heterocycles. The highest BCUT2D eigenvalue weighted by Crippen LogP contribution is 2.27.